The zero-order valence-corrected chi connectivity index (χ0v) is 12.4. The molecule has 0 aliphatic rings. The number of fused-ring (bicyclic) bond motifs is 1. The molecule has 0 aliphatic heterocycles. The summed E-state index contributed by atoms with van der Waals surface area (Å²) >= 11 is 2.98. The molecule has 0 bridgehead atoms. The van der Waals surface area contributed by atoms with Crippen molar-refractivity contribution in [2.75, 3.05) is 23.8 Å². The molecule has 2 aromatic heterocycles. The molecule has 5 nitrogen and oxygen atoms in total. The maximum absolute atomic E-state index is 11.9. The van der Waals surface area contributed by atoms with Crippen molar-refractivity contribution in [3.8, 4) is 0 Å². The maximum Gasteiger partial charge on any atom is 0.245 e. The van der Waals surface area contributed by atoms with Crippen molar-refractivity contribution in [1.29, 1.82) is 0 Å². The third-order valence-corrected chi connectivity index (χ3v) is 4.51. The van der Waals surface area contributed by atoms with Crippen LogP contribution in [-0.2, 0) is 4.79 Å². The third-order valence-electron chi connectivity index (χ3n) is 2.67. The fourth-order valence-corrected chi connectivity index (χ4v) is 3.22. The number of para-hydroxylation sites is 1. The summed E-state index contributed by atoms with van der Waals surface area (Å²) in [5, 5.41) is 6.04. The summed E-state index contributed by atoms with van der Waals surface area (Å²) in [5.74, 6) is -0.0956. The van der Waals surface area contributed by atoms with E-state index in [1.807, 2.05) is 41.6 Å². The first kappa shape index (κ1) is 13.0. The van der Waals surface area contributed by atoms with E-state index in [0.717, 1.165) is 15.3 Å². The number of anilines is 2. The third kappa shape index (κ3) is 2.78. The van der Waals surface area contributed by atoms with Crippen LogP contribution in [0.1, 0.15) is 0 Å². The second-order valence-electron chi connectivity index (χ2n) is 4.21. The molecule has 1 amide bonds. The summed E-state index contributed by atoms with van der Waals surface area (Å²) in [6, 6.07) is 7.94. The highest BCUT2D eigenvalue weighted by Crippen LogP contribution is 2.27. The lowest BCUT2D eigenvalue weighted by Crippen LogP contribution is -2.29. The van der Waals surface area contributed by atoms with E-state index in [1.165, 1.54) is 11.3 Å². The Morgan fingerprint density at radius 2 is 2.25 bits per heavy atom. The molecule has 20 heavy (non-hydrogen) atoms. The van der Waals surface area contributed by atoms with Gasteiger partial charge in [-0.1, -0.05) is 23.5 Å². The van der Waals surface area contributed by atoms with Gasteiger partial charge in [0.15, 0.2) is 10.3 Å². The van der Waals surface area contributed by atoms with Gasteiger partial charge >= 0.3 is 0 Å². The second kappa shape index (κ2) is 5.56. The molecule has 0 unspecified atom stereocenters. The number of carbonyl (C=O) groups is 1. The molecule has 0 radical (unpaired) electrons. The van der Waals surface area contributed by atoms with Gasteiger partial charge in [0.1, 0.15) is 0 Å². The minimum atomic E-state index is -0.0956. The van der Waals surface area contributed by atoms with Crippen molar-refractivity contribution in [3.63, 3.8) is 0 Å². The molecule has 0 atom stereocenters. The lowest BCUT2D eigenvalue weighted by atomic mass is 10.3. The smallest absolute Gasteiger partial charge is 0.245 e. The second-order valence-corrected chi connectivity index (χ2v) is 6.11. The van der Waals surface area contributed by atoms with E-state index in [9.17, 15) is 4.79 Å². The number of nitrogens with zero attached hydrogens (tertiary/aromatic N) is 3. The summed E-state index contributed by atoms with van der Waals surface area (Å²) in [6.07, 6.45) is 1.66. The number of aromatic nitrogens is 2. The van der Waals surface area contributed by atoms with Gasteiger partial charge in [-0.15, -0.1) is 11.3 Å². The molecule has 3 aromatic rings. The van der Waals surface area contributed by atoms with Gasteiger partial charge in [-0.25, -0.2) is 9.97 Å². The van der Waals surface area contributed by atoms with Crippen LogP contribution in [0, 0.1) is 0 Å². The first-order chi connectivity index (χ1) is 9.72. The number of carbonyl (C=O) groups excluding carboxylic acids is 1. The normalized spacial score (nSPS) is 10.7. The number of hydrogen-bond acceptors (Lipinski definition) is 6. The topological polar surface area (TPSA) is 58.1 Å². The van der Waals surface area contributed by atoms with Crippen LogP contribution in [0.4, 0.5) is 10.3 Å². The molecule has 7 heteroatoms. The molecule has 0 fully saturated rings. The average Bonchev–Trinajstić information content (AvgIpc) is 3.06. The first-order valence-corrected chi connectivity index (χ1v) is 7.68. The summed E-state index contributed by atoms with van der Waals surface area (Å²) in [7, 11) is 1.86. The Labute approximate surface area is 123 Å². The van der Waals surface area contributed by atoms with Crippen molar-refractivity contribution in [2.24, 2.45) is 0 Å². The Kier molecular flexibility index (Phi) is 3.62. The van der Waals surface area contributed by atoms with Gasteiger partial charge in [-0.3, -0.25) is 4.79 Å². The SMILES string of the molecule is CN(CC(=O)Nc1nccs1)c1nc2ccccc2s1. The first-order valence-electron chi connectivity index (χ1n) is 5.98. The van der Waals surface area contributed by atoms with E-state index in [-0.39, 0.29) is 12.5 Å². The van der Waals surface area contributed by atoms with Crippen molar-refractivity contribution in [1.82, 2.24) is 9.97 Å². The van der Waals surface area contributed by atoms with Crippen LogP contribution in [0.5, 0.6) is 0 Å². The minimum Gasteiger partial charge on any atom is -0.342 e. The standard InChI is InChI=1S/C13H12N4OS2/c1-17(8-11(18)16-12-14-6-7-19-12)13-15-9-4-2-3-5-10(9)20-13/h2-7H,8H2,1H3,(H,14,16,18). The average molecular weight is 304 g/mol. The van der Waals surface area contributed by atoms with Crippen LogP contribution in [-0.4, -0.2) is 29.5 Å². The zero-order valence-electron chi connectivity index (χ0n) is 10.7. The fourth-order valence-electron chi connectivity index (χ4n) is 1.75. The van der Waals surface area contributed by atoms with Gasteiger partial charge in [0.2, 0.25) is 5.91 Å². The molecule has 2 heterocycles. The highest BCUT2D eigenvalue weighted by atomic mass is 32.1. The van der Waals surface area contributed by atoms with E-state index >= 15 is 0 Å². The number of amides is 1. The minimum absolute atomic E-state index is 0.0956. The van der Waals surface area contributed by atoms with E-state index < -0.39 is 0 Å². The molecule has 0 saturated carbocycles. The molecule has 3 rings (SSSR count). The van der Waals surface area contributed by atoms with Gasteiger partial charge in [0.25, 0.3) is 0 Å². The van der Waals surface area contributed by atoms with E-state index in [0.29, 0.717) is 5.13 Å². The molecular weight excluding hydrogens is 292 g/mol. The highest BCUT2D eigenvalue weighted by molar-refractivity contribution is 7.22. The van der Waals surface area contributed by atoms with Gasteiger partial charge in [0.05, 0.1) is 16.8 Å². The van der Waals surface area contributed by atoms with Crippen molar-refractivity contribution < 1.29 is 4.79 Å². The van der Waals surface area contributed by atoms with Crippen molar-refractivity contribution in [3.05, 3.63) is 35.8 Å². The Bertz CT molecular complexity index is 690. The zero-order chi connectivity index (χ0) is 13.9. The number of rotatable bonds is 4. The van der Waals surface area contributed by atoms with Gasteiger partial charge in [-0.05, 0) is 12.1 Å². The van der Waals surface area contributed by atoms with Crippen LogP contribution in [0.15, 0.2) is 35.8 Å². The molecule has 1 N–H and O–H groups in total. The van der Waals surface area contributed by atoms with Crippen molar-refractivity contribution >= 4 is 49.1 Å². The fraction of sp³-hybridized carbons (Fsp3) is 0.154. The molecular formula is C13H12N4OS2. The predicted molar refractivity (Wildman–Crippen MR) is 83.6 cm³/mol. The van der Waals surface area contributed by atoms with E-state index in [1.54, 1.807) is 17.5 Å². The Morgan fingerprint density at radius 3 is 3.00 bits per heavy atom. The number of benzene rings is 1. The lowest BCUT2D eigenvalue weighted by Gasteiger charge is -2.14. The number of likely N-dealkylation sites (N-methyl/N-ethyl adjacent to an activating group) is 1. The van der Waals surface area contributed by atoms with Crippen LogP contribution in [0.3, 0.4) is 0 Å². The summed E-state index contributed by atoms with van der Waals surface area (Å²) in [4.78, 5) is 22.3. The molecule has 102 valence electrons. The summed E-state index contributed by atoms with van der Waals surface area (Å²) < 4.78 is 1.12. The predicted octanol–water partition coefficient (Wildman–Crippen LogP) is 2.83. The molecule has 1 aromatic carbocycles. The van der Waals surface area contributed by atoms with E-state index in [4.69, 9.17) is 0 Å². The van der Waals surface area contributed by atoms with Gasteiger partial charge in [-0.2, -0.15) is 0 Å². The number of hydrogen-bond donors (Lipinski definition) is 1. The molecule has 0 aliphatic carbocycles. The largest absolute Gasteiger partial charge is 0.342 e. The maximum atomic E-state index is 11.9. The van der Waals surface area contributed by atoms with E-state index in [2.05, 4.69) is 15.3 Å². The highest BCUT2D eigenvalue weighted by Gasteiger charge is 2.12. The van der Waals surface area contributed by atoms with Gasteiger partial charge < -0.3 is 10.2 Å². The summed E-state index contributed by atoms with van der Waals surface area (Å²) in [6.45, 7) is 0.249. The van der Waals surface area contributed by atoms with Crippen LogP contribution in [0.2, 0.25) is 0 Å². The molecule has 0 saturated heterocycles. The quantitative estimate of drug-likeness (QED) is 0.805. The van der Waals surface area contributed by atoms with Gasteiger partial charge in [0, 0.05) is 18.6 Å². The Balaban J connectivity index is 1.69. The number of nitrogens with one attached hydrogen (secondary N) is 1. The van der Waals surface area contributed by atoms with Crippen LogP contribution >= 0.6 is 22.7 Å². The number of thiazole rings is 2. The Morgan fingerprint density at radius 1 is 1.40 bits per heavy atom. The van der Waals surface area contributed by atoms with Crippen LogP contribution in [0.25, 0.3) is 10.2 Å². The summed E-state index contributed by atoms with van der Waals surface area (Å²) in [5.41, 5.74) is 0.958. The lowest BCUT2D eigenvalue weighted by molar-refractivity contribution is -0.114. The van der Waals surface area contributed by atoms with Crippen LogP contribution < -0.4 is 10.2 Å². The molecule has 0 spiro atoms. The Hall–Kier alpha value is -1.99. The van der Waals surface area contributed by atoms with Crippen molar-refractivity contribution in [2.45, 2.75) is 0 Å². The monoisotopic (exact) mass is 304 g/mol.